The van der Waals surface area contributed by atoms with Crippen LogP contribution in [0.1, 0.15) is 130 Å². The fourth-order valence-electron chi connectivity index (χ4n) is 4.08. The molecule has 3 heteroatoms. The van der Waals surface area contributed by atoms with Crippen LogP contribution < -0.4 is 0 Å². The van der Waals surface area contributed by atoms with Crippen LogP contribution in [0.25, 0.3) is 0 Å². The molecule has 0 saturated heterocycles. The first-order chi connectivity index (χ1) is 12.9. The molecule has 0 aliphatic rings. The van der Waals surface area contributed by atoms with E-state index in [0.29, 0.717) is 12.8 Å². The molecule has 0 amide bonds. The molecule has 0 aromatic rings. The molecule has 164 valence electrons. The van der Waals surface area contributed by atoms with Crippen molar-refractivity contribution in [2.75, 3.05) is 13.2 Å². The Balaban J connectivity index is 4.49. The lowest BCUT2D eigenvalue weighted by Crippen LogP contribution is -2.42. The van der Waals surface area contributed by atoms with Crippen LogP contribution in [0.3, 0.4) is 0 Å². The summed E-state index contributed by atoms with van der Waals surface area (Å²) in [5.74, 6) is 0. The Bertz CT molecular complexity index is 291. The second kappa shape index (κ2) is 16.8. The van der Waals surface area contributed by atoms with Gasteiger partial charge in [-0.3, -0.25) is 0 Å². The fraction of sp³-hybridized carbons (Fsp3) is 1.00. The van der Waals surface area contributed by atoms with Crippen molar-refractivity contribution in [1.29, 1.82) is 0 Å². The summed E-state index contributed by atoms with van der Waals surface area (Å²) in [6.07, 6.45) is 18.6. The average molecular weight is 387 g/mol. The van der Waals surface area contributed by atoms with Gasteiger partial charge in [-0.05, 0) is 39.5 Å². The summed E-state index contributed by atoms with van der Waals surface area (Å²) in [6, 6.07) is 0. The molecule has 2 N–H and O–H groups in total. The Hall–Kier alpha value is -0.120. The molecule has 0 heterocycles. The smallest absolute Gasteiger partial charge is 0.0683 e. The zero-order chi connectivity index (χ0) is 20.4. The molecule has 0 spiro atoms. The van der Waals surface area contributed by atoms with Crippen molar-refractivity contribution >= 4 is 0 Å². The molecule has 0 radical (unpaired) electrons. The molecule has 2 atom stereocenters. The van der Waals surface area contributed by atoms with Crippen LogP contribution >= 0.6 is 0 Å². The van der Waals surface area contributed by atoms with Gasteiger partial charge >= 0.3 is 0 Å². The highest BCUT2D eigenvalue weighted by Crippen LogP contribution is 2.34. The molecule has 27 heavy (non-hydrogen) atoms. The van der Waals surface area contributed by atoms with Gasteiger partial charge in [-0.1, -0.05) is 90.9 Å². The van der Waals surface area contributed by atoms with Gasteiger partial charge in [0.15, 0.2) is 0 Å². The fourth-order valence-corrected chi connectivity index (χ4v) is 4.08. The van der Waals surface area contributed by atoms with Crippen molar-refractivity contribution < 1.29 is 14.9 Å². The van der Waals surface area contributed by atoms with Gasteiger partial charge in [-0.15, -0.1) is 0 Å². The van der Waals surface area contributed by atoms with Gasteiger partial charge in [0.25, 0.3) is 0 Å². The minimum atomic E-state index is -0.286. The summed E-state index contributed by atoms with van der Waals surface area (Å²) in [5, 5.41) is 19.1. The predicted octanol–water partition coefficient (Wildman–Crippen LogP) is 6.79. The summed E-state index contributed by atoms with van der Waals surface area (Å²) in [4.78, 5) is 0. The number of ether oxygens (including phenoxy) is 1. The molecular formula is C24H50O3. The maximum absolute atomic E-state index is 9.57. The third kappa shape index (κ3) is 14.5. The highest BCUT2D eigenvalue weighted by atomic mass is 16.5. The van der Waals surface area contributed by atoms with Crippen molar-refractivity contribution in [1.82, 2.24) is 0 Å². The van der Waals surface area contributed by atoms with Gasteiger partial charge in [0, 0.05) is 13.2 Å². The van der Waals surface area contributed by atoms with E-state index in [1.807, 2.05) is 0 Å². The Morgan fingerprint density at radius 2 is 0.852 bits per heavy atom. The van der Waals surface area contributed by atoms with Crippen molar-refractivity contribution in [3.05, 3.63) is 0 Å². The first-order valence-electron chi connectivity index (χ1n) is 11.9. The zero-order valence-electron chi connectivity index (χ0n) is 19.0. The molecule has 0 bridgehead atoms. The van der Waals surface area contributed by atoms with Gasteiger partial charge in [-0.25, -0.2) is 0 Å². The van der Waals surface area contributed by atoms with Crippen LogP contribution in [0, 0.1) is 0 Å². The number of aliphatic hydroxyl groups is 2. The monoisotopic (exact) mass is 386 g/mol. The number of rotatable bonds is 20. The zero-order valence-corrected chi connectivity index (χ0v) is 19.0. The van der Waals surface area contributed by atoms with Gasteiger partial charge in [0.2, 0.25) is 0 Å². The van der Waals surface area contributed by atoms with Crippen molar-refractivity contribution in [3.8, 4) is 0 Å². The lowest BCUT2D eigenvalue weighted by atomic mass is 9.89. The van der Waals surface area contributed by atoms with Crippen LogP contribution in [0.4, 0.5) is 0 Å². The second-order valence-electron chi connectivity index (χ2n) is 8.98. The molecule has 0 aromatic carbocycles. The first kappa shape index (κ1) is 26.9. The third-order valence-corrected chi connectivity index (χ3v) is 5.89. The second-order valence-corrected chi connectivity index (χ2v) is 8.98. The van der Waals surface area contributed by atoms with Crippen molar-refractivity contribution in [2.24, 2.45) is 0 Å². The van der Waals surface area contributed by atoms with E-state index in [9.17, 15) is 10.2 Å². The molecule has 0 saturated carbocycles. The summed E-state index contributed by atoms with van der Waals surface area (Å²) in [5.41, 5.74) is -0.572. The number of hydrogen-bond donors (Lipinski definition) is 2. The molecule has 0 rings (SSSR count). The SMILES string of the molecule is CCCCCCCCC(C)(CCO)OC(C)(CCO)CCCCCCCC. The molecule has 0 fully saturated rings. The maximum atomic E-state index is 9.57. The van der Waals surface area contributed by atoms with Crippen LogP contribution in [-0.2, 0) is 4.74 Å². The van der Waals surface area contributed by atoms with Crippen LogP contribution in [0.2, 0.25) is 0 Å². The minimum Gasteiger partial charge on any atom is -0.396 e. The van der Waals surface area contributed by atoms with Gasteiger partial charge in [-0.2, -0.15) is 0 Å². The summed E-state index contributed by atoms with van der Waals surface area (Å²) >= 11 is 0. The highest BCUT2D eigenvalue weighted by molar-refractivity contribution is 4.84. The normalized spacial score (nSPS) is 16.2. The molecular weight excluding hydrogens is 336 g/mol. The van der Waals surface area contributed by atoms with Crippen LogP contribution in [-0.4, -0.2) is 34.6 Å². The molecule has 0 aromatic heterocycles. The van der Waals surface area contributed by atoms with Gasteiger partial charge < -0.3 is 14.9 Å². The minimum absolute atomic E-state index is 0.165. The predicted molar refractivity (Wildman–Crippen MR) is 117 cm³/mol. The van der Waals surface area contributed by atoms with Gasteiger partial charge in [0.1, 0.15) is 0 Å². The van der Waals surface area contributed by atoms with E-state index in [2.05, 4.69) is 27.7 Å². The summed E-state index contributed by atoms with van der Waals surface area (Å²) in [7, 11) is 0. The van der Waals surface area contributed by atoms with Crippen molar-refractivity contribution in [3.63, 3.8) is 0 Å². The number of unbranched alkanes of at least 4 members (excludes halogenated alkanes) is 10. The van der Waals surface area contributed by atoms with E-state index < -0.39 is 0 Å². The van der Waals surface area contributed by atoms with Gasteiger partial charge in [0.05, 0.1) is 11.2 Å². The largest absolute Gasteiger partial charge is 0.396 e. The molecule has 0 aliphatic heterocycles. The first-order valence-corrected chi connectivity index (χ1v) is 11.9. The average Bonchev–Trinajstić information content (AvgIpc) is 2.61. The van der Waals surface area contributed by atoms with E-state index >= 15 is 0 Å². The highest BCUT2D eigenvalue weighted by Gasteiger charge is 2.34. The molecule has 2 unspecified atom stereocenters. The Labute approximate surface area is 170 Å². The van der Waals surface area contributed by atoms with E-state index in [-0.39, 0.29) is 24.4 Å². The Morgan fingerprint density at radius 3 is 1.19 bits per heavy atom. The van der Waals surface area contributed by atoms with E-state index in [0.717, 1.165) is 25.7 Å². The lowest BCUT2D eigenvalue weighted by Gasteiger charge is -2.41. The van der Waals surface area contributed by atoms with E-state index in [1.165, 1.54) is 64.2 Å². The number of aliphatic hydroxyl groups excluding tert-OH is 2. The summed E-state index contributed by atoms with van der Waals surface area (Å²) < 4.78 is 6.64. The van der Waals surface area contributed by atoms with E-state index in [4.69, 9.17) is 4.74 Å². The molecule has 3 nitrogen and oxygen atoms in total. The standard InChI is InChI=1S/C24H50O3/c1-5-7-9-11-13-15-17-23(3,19-21-25)27-24(4,20-22-26)18-16-14-12-10-8-6-2/h25-26H,5-22H2,1-4H3. The van der Waals surface area contributed by atoms with Crippen LogP contribution in [0.15, 0.2) is 0 Å². The Kier molecular flexibility index (Phi) is 16.7. The summed E-state index contributed by atoms with van der Waals surface area (Å²) in [6.45, 7) is 9.14. The Morgan fingerprint density at radius 1 is 0.519 bits per heavy atom. The van der Waals surface area contributed by atoms with Crippen molar-refractivity contribution in [2.45, 2.75) is 142 Å². The number of hydrogen-bond acceptors (Lipinski definition) is 3. The topological polar surface area (TPSA) is 49.7 Å². The maximum Gasteiger partial charge on any atom is 0.0683 e. The third-order valence-electron chi connectivity index (χ3n) is 5.89. The quantitative estimate of drug-likeness (QED) is 0.227. The lowest BCUT2D eigenvalue weighted by molar-refractivity contribution is -0.162. The molecule has 0 aliphatic carbocycles. The van der Waals surface area contributed by atoms with E-state index in [1.54, 1.807) is 0 Å². The van der Waals surface area contributed by atoms with Crippen LogP contribution in [0.5, 0.6) is 0 Å².